The zero-order valence-corrected chi connectivity index (χ0v) is 15.0. The van der Waals surface area contributed by atoms with Gasteiger partial charge in [0.05, 0.1) is 18.1 Å². The molecule has 5 nitrogen and oxygen atoms in total. The Morgan fingerprint density at radius 3 is 2.64 bits per heavy atom. The Kier molecular flexibility index (Phi) is 2.88. The summed E-state index contributed by atoms with van der Waals surface area (Å²) < 4.78 is 5.89. The van der Waals surface area contributed by atoms with E-state index >= 15 is 0 Å². The first kappa shape index (κ1) is 16.4. The van der Waals surface area contributed by atoms with Gasteiger partial charge in [-0.3, -0.25) is 4.79 Å². The van der Waals surface area contributed by atoms with E-state index in [1.165, 1.54) is 0 Å². The average molecular weight is 348 g/mol. The number of hydrogen-bond donors (Lipinski definition) is 3. The number of Topliss-reactive ketones (excluding diaryl/α,β-unsaturated/α-hetero) is 1. The second-order valence-electron chi connectivity index (χ2n) is 9.92. The number of carbonyl (C=O) groups is 1. The van der Waals surface area contributed by atoms with Gasteiger partial charge in [-0.05, 0) is 54.9 Å². The average Bonchev–Trinajstić information content (AvgIpc) is 2.75. The Bertz CT molecular complexity index is 686. The predicted octanol–water partition coefficient (Wildman–Crippen LogP) is 1.40. The smallest absolute Gasteiger partial charge is 0.205 e. The maximum atomic E-state index is 13.3. The fourth-order valence-electron chi connectivity index (χ4n) is 7.82. The molecule has 6 rings (SSSR count). The van der Waals surface area contributed by atoms with E-state index in [1.54, 1.807) is 0 Å². The minimum Gasteiger partial charge on any atom is -0.392 e. The highest BCUT2D eigenvalue weighted by Crippen LogP contribution is 2.76. The second kappa shape index (κ2) is 4.38. The van der Waals surface area contributed by atoms with Gasteiger partial charge < -0.3 is 20.1 Å². The molecule has 5 heteroatoms. The summed E-state index contributed by atoms with van der Waals surface area (Å²) in [6.45, 7) is 8.41. The lowest BCUT2D eigenvalue weighted by atomic mass is 9.36. The Balaban J connectivity index is 1.79. The van der Waals surface area contributed by atoms with E-state index in [0.29, 0.717) is 18.4 Å². The molecule has 8 atom stereocenters. The van der Waals surface area contributed by atoms with Crippen LogP contribution in [0.5, 0.6) is 0 Å². The molecule has 2 aliphatic heterocycles. The summed E-state index contributed by atoms with van der Waals surface area (Å²) >= 11 is 0. The lowest BCUT2D eigenvalue weighted by molar-refractivity contribution is -0.448. The minimum absolute atomic E-state index is 0.0616. The van der Waals surface area contributed by atoms with Crippen molar-refractivity contribution in [2.45, 2.75) is 63.9 Å². The van der Waals surface area contributed by atoms with E-state index in [9.17, 15) is 20.1 Å². The van der Waals surface area contributed by atoms with Crippen LogP contribution in [0.4, 0.5) is 0 Å². The molecule has 4 saturated carbocycles. The van der Waals surface area contributed by atoms with Crippen molar-refractivity contribution in [3.63, 3.8) is 0 Å². The number of hydrogen-bond acceptors (Lipinski definition) is 5. The first-order valence-corrected chi connectivity index (χ1v) is 9.59. The molecular weight excluding hydrogens is 320 g/mol. The molecule has 6 fully saturated rings. The van der Waals surface area contributed by atoms with Gasteiger partial charge in [-0.2, -0.15) is 0 Å². The summed E-state index contributed by atoms with van der Waals surface area (Å²) in [6.07, 6.45) is 1.77. The molecule has 0 aromatic heterocycles. The van der Waals surface area contributed by atoms with Crippen molar-refractivity contribution in [3.05, 3.63) is 12.2 Å². The highest BCUT2D eigenvalue weighted by atomic mass is 16.6. The third kappa shape index (κ3) is 1.44. The van der Waals surface area contributed by atoms with Crippen LogP contribution in [0.25, 0.3) is 0 Å². The van der Waals surface area contributed by atoms with Crippen molar-refractivity contribution < 1.29 is 24.9 Å². The lowest BCUT2D eigenvalue weighted by Crippen LogP contribution is -2.83. The normalized spacial score (nSPS) is 58.8. The fourth-order valence-corrected chi connectivity index (χ4v) is 7.82. The maximum absolute atomic E-state index is 13.3. The molecule has 0 aromatic rings. The highest BCUT2D eigenvalue weighted by Gasteiger charge is 2.84. The zero-order chi connectivity index (χ0) is 18.0. The third-order valence-corrected chi connectivity index (χ3v) is 8.81. The standard InChI is InChI=1S/C20H28O5/c1-10-11-4-5-12-18-9-25-20(24,19(12,8-11)15(10)22)16(23)14(18)17(2,3)7-6-13(18)21/h11-14,16,21,23-24H,1,4-9H2,2-3H3/t11-,12+,13+,14-,16+,18-,19+,20+/m1/s1. The topological polar surface area (TPSA) is 87.0 Å². The number of aliphatic hydroxyl groups excluding tert-OH is 2. The van der Waals surface area contributed by atoms with Crippen molar-refractivity contribution in [2.75, 3.05) is 6.61 Å². The van der Waals surface area contributed by atoms with Crippen LogP contribution in [-0.4, -0.2) is 45.7 Å². The van der Waals surface area contributed by atoms with E-state index in [0.717, 1.165) is 19.3 Å². The Labute approximate surface area is 148 Å². The SMILES string of the molecule is C=C1C(=O)[C@]23C[C@H]1CC[C@H]2[C@@]12CO[C@@]3(O)[C@@H](O)[C@@H]1C(C)(C)CC[C@@H]2O. The van der Waals surface area contributed by atoms with Crippen molar-refractivity contribution in [1.82, 2.24) is 0 Å². The molecule has 2 heterocycles. The number of ether oxygens (including phenoxy) is 1. The number of carbonyl (C=O) groups excluding carboxylic acids is 1. The second-order valence-corrected chi connectivity index (χ2v) is 9.92. The first-order valence-electron chi connectivity index (χ1n) is 9.59. The Hall–Kier alpha value is -0.750. The molecule has 4 bridgehead atoms. The predicted molar refractivity (Wildman–Crippen MR) is 89.3 cm³/mol. The summed E-state index contributed by atoms with van der Waals surface area (Å²) in [4.78, 5) is 13.3. The van der Waals surface area contributed by atoms with Crippen LogP contribution in [0.3, 0.4) is 0 Å². The quantitative estimate of drug-likeness (QED) is 0.576. The first-order chi connectivity index (χ1) is 11.6. The monoisotopic (exact) mass is 348 g/mol. The van der Waals surface area contributed by atoms with Crippen molar-refractivity contribution in [2.24, 2.45) is 34.0 Å². The molecule has 3 N–H and O–H groups in total. The molecule has 0 radical (unpaired) electrons. The van der Waals surface area contributed by atoms with Crippen LogP contribution in [0.15, 0.2) is 12.2 Å². The van der Waals surface area contributed by atoms with E-state index in [1.807, 2.05) is 0 Å². The molecule has 138 valence electrons. The van der Waals surface area contributed by atoms with Crippen molar-refractivity contribution in [1.29, 1.82) is 0 Å². The van der Waals surface area contributed by atoms with Crippen LogP contribution in [0, 0.1) is 34.0 Å². The van der Waals surface area contributed by atoms with E-state index < -0.39 is 28.8 Å². The Morgan fingerprint density at radius 2 is 1.92 bits per heavy atom. The van der Waals surface area contributed by atoms with Gasteiger partial charge in [0, 0.05) is 11.3 Å². The van der Waals surface area contributed by atoms with Crippen LogP contribution in [0.1, 0.15) is 46.0 Å². The molecule has 0 amide bonds. The number of allylic oxidation sites excluding steroid dienone is 1. The summed E-state index contributed by atoms with van der Waals surface area (Å²) in [6, 6.07) is 0. The molecule has 25 heavy (non-hydrogen) atoms. The lowest BCUT2D eigenvalue weighted by Gasteiger charge is -2.74. The van der Waals surface area contributed by atoms with E-state index in [2.05, 4.69) is 20.4 Å². The van der Waals surface area contributed by atoms with Gasteiger partial charge in [0.25, 0.3) is 0 Å². The van der Waals surface area contributed by atoms with Gasteiger partial charge in [0.1, 0.15) is 6.10 Å². The van der Waals surface area contributed by atoms with Gasteiger partial charge in [0.15, 0.2) is 5.78 Å². The van der Waals surface area contributed by atoms with Gasteiger partial charge >= 0.3 is 0 Å². The number of ketones is 1. The zero-order valence-electron chi connectivity index (χ0n) is 15.0. The summed E-state index contributed by atoms with van der Waals surface area (Å²) in [5, 5.41) is 34.0. The third-order valence-electron chi connectivity index (χ3n) is 8.81. The van der Waals surface area contributed by atoms with Crippen molar-refractivity contribution in [3.8, 4) is 0 Å². The van der Waals surface area contributed by atoms with Crippen LogP contribution in [-0.2, 0) is 9.53 Å². The maximum Gasteiger partial charge on any atom is 0.205 e. The Morgan fingerprint density at radius 1 is 1.20 bits per heavy atom. The number of rotatable bonds is 0. The highest BCUT2D eigenvalue weighted by molar-refractivity contribution is 6.04. The summed E-state index contributed by atoms with van der Waals surface area (Å²) in [5.41, 5.74) is -1.48. The number of fused-ring (bicyclic) bond motifs is 2. The largest absolute Gasteiger partial charge is 0.392 e. The fraction of sp³-hybridized carbons (Fsp3) is 0.850. The molecule has 6 aliphatic rings. The van der Waals surface area contributed by atoms with Gasteiger partial charge in [-0.25, -0.2) is 0 Å². The molecule has 0 aromatic carbocycles. The summed E-state index contributed by atoms with van der Waals surface area (Å²) in [5.74, 6) is -2.39. The van der Waals surface area contributed by atoms with E-state index in [4.69, 9.17) is 4.74 Å². The van der Waals surface area contributed by atoms with Gasteiger partial charge in [-0.15, -0.1) is 0 Å². The molecule has 2 spiro atoms. The van der Waals surface area contributed by atoms with Gasteiger partial charge in [0.2, 0.25) is 5.79 Å². The van der Waals surface area contributed by atoms with Crippen LogP contribution >= 0.6 is 0 Å². The van der Waals surface area contributed by atoms with Crippen molar-refractivity contribution >= 4 is 5.78 Å². The summed E-state index contributed by atoms with van der Waals surface area (Å²) in [7, 11) is 0. The molecule has 2 saturated heterocycles. The molecule has 0 unspecified atom stereocenters. The van der Waals surface area contributed by atoms with E-state index in [-0.39, 0.29) is 35.6 Å². The minimum atomic E-state index is -1.87. The number of aliphatic hydroxyl groups is 3. The molecule has 4 aliphatic carbocycles. The van der Waals surface area contributed by atoms with Crippen LogP contribution in [0.2, 0.25) is 0 Å². The van der Waals surface area contributed by atoms with Gasteiger partial charge in [-0.1, -0.05) is 20.4 Å². The van der Waals surface area contributed by atoms with Crippen LogP contribution < -0.4 is 0 Å². The molecular formula is C20H28O5.